The number of hydrogen-bond acceptors (Lipinski definition) is 5. The lowest BCUT2D eigenvalue weighted by Gasteiger charge is -2.20. The van der Waals surface area contributed by atoms with Crippen molar-refractivity contribution >= 4 is 29.1 Å². The van der Waals surface area contributed by atoms with Crippen LogP contribution in [0, 0.1) is 6.92 Å². The molecule has 1 aliphatic rings. The van der Waals surface area contributed by atoms with Crippen LogP contribution in [-0.2, 0) is 21.6 Å². The fourth-order valence-corrected chi connectivity index (χ4v) is 4.06. The maximum Gasteiger partial charge on any atom is 0.415 e. The van der Waals surface area contributed by atoms with Crippen molar-refractivity contribution < 1.29 is 19.1 Å². The van der Waals surface area contributed by atoms with Crippen molar-refractivity contribution in [3.63, 3.8) is 0 Å². The molecule has 0 radical (unpaired) electrons. The number of rotatable bonds is 7. The first-order chi connectivity index (χ1) is 15.8. The number of carbonyl (C=O) groups excluding carboxylic acids is 2. The van der Waals surface area contributed by atoms with Gasteiger partial charge in [0.2, 0.25) is 5.60 Å². The number of ether oxygens (including phenoxy) is 2. The highest BCUT2D eigenvalue weighted by atomic mass is 32.1. The van der Waals surface area contributed by atoms with Gasteiger partial charge in [0.25, 0.3) is 5.91 Å². The van der Waals surface area contributed by atoms with Gasteiger partial charge in [-0.2, -0.15) is 0 Å². The molecular formula is C27H25NO4S. The van der Waals surface area contributed by atoms with Crippen LogP contribution in [0.5, 0.6) is 11.5 Å². The quantitative estimate of drug-likeness (QED) is 0.347. The van der Waals surface area contributed by atoms with Crippen molar-refractivity contribution in [3.05, 3.63) is 94.5 Å². The van der Waals surface area contributed by atoms with Crippen molar-refractivity contribution in [2.45, 2.75) is 39.2 Å². The van der Waals surface area contributed by atoms with Crippen molar-refractivity contribution in [3.8, 4) is 11.5 Å². The van der Waals surface area contributed by atoms with E-state index in [1.54, 1.807) is 25.1 Å². The fraction of sp³-hybridized carbons (Fsp3) is 0.222. The molecule has 1 aliphatic heterocycles. The molecule has 6 heteroatoms. The van der Waals surface area contributed by atoms with Crippen LogP contribution in [0.1, 0.15) is 48.1 Å². The standard InChI is InChI=1S/C27H25NO4S/c1-4-6-19-15-20(24(33)18-11-9-17(2)10-12-18)13-14-23(19)31-22-8-5-7-21(16-22)27(3)25(29)28-26(30)32-27/h5,7-16H,4,6H2,1-3H3,(H,28,29,30)/t27-/m1/s1. The van der Waals surface area contributed by atoms with Crippen LogP contribution in [0.25, 0.3) is 0 Å². The molecule has 4 rings (SSSR count). The summed E-state index contributed by atoms with van der Waals surface area (Å²) in [4.78, 5) is 24.6. The lowest BCUT2D eigenvalue weighted by molar-refractivity contribution is -0.130. The third kappa shape index (κ3) is 4.66. The van der Waals surface area contributed by atoms with Gasteiger partial charge < -0.3 is 9.47 Å². The van der Waals surface area contributed by atoms with E-state index in [-0.39, 0.29) is 0 Å². The molecule has 3 aromatic rings. The summed E-state index contributed by atoms with van der Waals surface area (Å²) in [5.41, 5.74) is 3.38. The number of aryl methyl sites for hydroxylation is 2. The highest BCUT2D eigenvalue weighted by Crippen LogP contribution is 2.34. The zero-order valence-electron chi connectivity index (χ0n) is 18.8. The first kappa shape index (κ1) is 22.7. The van der Waals surface area contributed by atoms with E-state index in [2.05, 4.69) is 37.4 Å². The van der Waals surface area contributed by atoms with Crippen LogP contribution >= 0.6 is 12.2 Å². The molecule has 168 valence electrons. The van der Waals surface area contributed by atoms with Gasteiger partial charge in [0.05, 0.1) is 4.86 Å². The van der Waals surface area contributed by atoms with Crippen LogP contribution in [-0.4, -0.2) is 16.9 Å². The maximum absolute atomic E-state index is 12.2. The summed E-state index contributed by atoms with van der Waals surface area (Å²) in [6, 6.07) is 21.2. The van der Waals surface area contributed by atoms with Gasteiger partial charge in [-0.1, -0.05) is 67.5 Å². The Balaban J connectivity index is 1.62. The van der Waals surface area contributed by atoms with Gasteiger partial charge in [-0.05, 0) is 67.3 Å². The van der Waals surface area contributed by atoms with Crippen LogP contribution in [0.2, 0.25) is 0 Å². The number of nitrogens with one attached hydrogen (secondary N) is 1. The second-order valence-corrected chi connectivity index (χ2v) is 8.68. The second-order valence-electron chi connectivity index (χ2n) is 8.27. The van der Waals surface area contributed by atoms with Gasteiger partial charge in [0.15, 0.2) is 0 Å². The molecule has 1 fully saturated rings. The summed E-state index contributed by atoms with van der Waals surface area (Å²) in [6.45, 7) is 5.73. The summed E-state index contributed by atoms with van der Waals surface area (Å²) in [5.74, 6) is 0.781. The Kier molecular flexibility index (Phi) is 6.29. The average Bonchev–Trinajstić information content (AvgIpc) is 3.07. The van der Waals surface area contributed by atoms with Gasteiger partial charge in [0, 0.05) is 5.56 Å². The number of amides is 2. The number of benzene rings is 3. The van der Waals surface area contributed by atoms with Gasteiger partial charge in [-0.15, -0.1) is 0 Å². The largest absolute Gasteiger partial charge is 0.457 e. The molecular weight excluding hydrogens is 434 g/mol. The molecule has 0 unspecified atom stereocenters. The van der Waals surface area contributed by atoms with E-state index >= 15 is 0 Å². The van der Waals surface area contributed by atoms with E-state index < -0.39 is 17.6 Å². The van der Waals surface area contributed by atoms with E-state index in [1.807, 2.05) is 30.3 Å². The van der Waals surface area contributed by atoms with Gasteiger partial charge in [-0.25, -0.2) is 4.79 Å². The topological polar surface area (TPSA) is 64.6 Å². The smallest absolute Gasteiger partial charge is 0.415 e. The minimum atomic E-state index is -1.38. The van der Waals surface area contributed by atoms with Crippen LogP contribution in [0.15, 0.2) is 66.7 Å². The zero-order valence-corrected chi connectivity index (χ0v) is 19.6. The van der Waals surface area contributed by atoms with E-state index in [1.165, 1.54) is 5.56 Å². The van der Waals surface area contributed by atoms with Gasteiger partial charge >= 0.3 is 6.09 Å². The predicted molar refractivity (Wildman–Crippen MR) is 131 cm³/mol. The SMILES string of the molecule is CCCc1cc(C(=S)c2ccc(C)cc2)ccc1Oc1cccc([C@@]2(C)OC(=O)NC2=O)c1. The molecule has 0 aromatic heterocycles. The Morgan fingerprint density at radius 3 is 2.42 bits per heavy atom. The highest BCUT2D eigenvalue weighted by Gasteiger charge is 2.46. The maximum atomic E-state index is 12.2. The van der Waals surface area contributed by atoms with Crippen LogP contribution in [0.3, 0.4) is 0 Å². The molecule has 1 heterocycles. The molecule has 0 aliphatic carbocycles. The molecule has 2 amide bonds. The predicted octanol–water partition coefficient (Wildman–Crippen LogP) is 5.99. The summed E-state index contributed by atoms with van der Waals surface area (Å²) in [5, 5.41) is 2.18. The highest BCUT2D eigenvalue weighted by molar-refractivity contribution is 7.81. The Morgan fingerprint density at radius 1 is 1.03 bits per heavy atom. The van der Waals surface area contributed by atoms with E-state index in [4.69, 9.17) is 21.7 Å². The minimum Gasteiger partial charge on any atom is -0.457 e. The Morgan fingerprint density at radius 2 is 1.76 bits per heavy atom. The number of alkyl carbamates (subject to hydrolysis) is 1. The number of carbonyl (C=O) groups is 2. The van der Waals surface area contributed by atoms with Crippen LogP contribution in [0.4, 0.5) is 4.79 Å². The van der Waals surface area contributed by atoms with Crippen molar-refractivity contribution in [1.82, 2.24) is 5.32 Å². The van der Waals surface area contributed by atoms with Gasteiger partial charge in [0.1, 0.15) is 11.5 Å². The lowest BCUT2D eigenvalue weighted by Crippen LogP contribution is -2.33. The number of hydrogen-bond donors (Lipinski definition) is 1. The van der Waals surface area contributed by atoms with Crippen molar-refractivity contribution in [1.29, 1.82) is 0 Å². The molecule has 1 N–H and O–H groups in total. The van der Waals surface area contributed by atoms with E-state index in [0.717, 1.165) is 40.1 Å². The Bertz CT molecular complexity index is 1240. The molecule has 33 heavy (non-hydrogen) atoms. The Hall–Kier alpha value is -3.51. The molecule has 0 spiro atoms. The van der Waals surface area contributed by atoms with Crippen LogP contribution < -0.4 is 10.1 Å². The number of cyclic esters (lactones) is 1. The monoisotopic (exact) mass is 459 g/mol. The fourth-order valence-electron chi connectivity index (χ4n) is 3.80. The van der Waals surface area contributed by atoms with Crippen molar-refractivity contribution in [2.24, 2.45) is 0 Å². The third-order valence-electron chi connectivity index (χ3n) is 5.71. The second kappa shape index (κ2) is 9.16. The number of thiocarbonyl (C=S) groups is 1. The summed E-state index contributed by atoms with van der Waals surface area (Å²) >= 11 is 5.74. The first-order valence-electron chi connectivity index (χ1n) is 10.9. The van der Waals surface area contributed by atoms with Crippen molar-refractivity contribution in [2.75, 3.05) is 0 Å². The average molecular weight is 460 g/mol. The molecule has 1 atom stereocenters. The number of imide groups is 1. The first-order valence-corrected chi connectivity index (χ1v) is 11.3. The molecule has 1 saturated heterocycles. The normalized spacial score (nSPS) is 17.4. The lowest BCUT2D eigenvalue weighted by atomic mass is 9.95. The van der Waals surface area contributed by atoms with E-state index in [0.29, 0.717) is 11.3 Å². The molecule has 5 nitrogen and oxygen atoms in total. The summed E-state index contributed by atoms with van der Waals surface area (Å²) in [6.07, 6.45) is 1.03. The summed E-state index contributed by atoms with van der Waals surface area (Å²) in [7, 11) is 0. The Labute approximate surface area is 198 Å². The van der Waals surface area contributed by atoms with E-state index in [9.17, 15) is 9.59 Å². The summed E-state index contributed by atoms with van der Waals surface area (Å²) < 4.78 is 11.4. The third-order valence-corrected chi connectivity index (χ3v) is 6.19. The zero-order chi connectivity index (χ0) is 23.6. The molecule has 0 saturated carbocycles. The molecule has 3 aromatic carbocycles. The van der Waals surface area contributed by atoms with Gasteiger partial charge in [-0.3, -0.25) is 10.1 Å². The molecule has 0 bridgehead atoms. The minimum absolute atomic E-state index is 0.495.